The minimum absolute atomic E-state index is 0.0898. The van der Waals surface area contributed by atoms with E-state index in [1.54, 1.807) is 6.92 Å². The van der Waals surface area contributed by atoms with Crippen LogP contribution in [-0.4, -0.2) is 22.5 Å². The summed E-state index contributed by atoms with van der Waals surface area (Å²) >= 11 is 1.44. The first-order valence-corrected chi connectivity index (χ1v) is 8.40. The van der Waals surface area contributed by atoms with Crippen LogP contribution in [0.5, 0.6) is 0 Å². The lowest BCUT2D eigenvalue weighted by Gasteiger charge is -2.22. The van der Waals surface area contributed by atoms with Gasteiger partial charge in [0.05, 0.1) is 6.54 Å². The molecule has 0 unspecified atom stereocenters. The molecule has 0 saturated heterocycles. The molecule has 1 aromatic carbocycles. The molecule has 2 N–H and O–H groups in total. The number of carbonyl (C=O) groups excluding carboxylic acids is 1. The van der Waals surface area contributed by atoms with Crippen molar-refractivity contribution < 1.29 is 14.3 Å². The number of hydrogen-bond acceptors (Lipinski definition) is 5. The van der Waals surface area contributed by atoms with Crippen molar-refractivity contribution in [3.8, 4) is 11.3 Å². The number of aryl methyl sites for hydroxylation is 1. The molecule has 0 aliphatic rings. The Labute approximate surface area is 144 Å². The largest absolute Gasteiger partial charge is 0.443 e. The van der Waals surface area contributed by atoms with E-state index >= 15 is 0 Å². The topological polar surface area (TPSA) is 75.4 Å². The van der Waals surface area contributed by atoms with Crippen LogP contribution in [0.25, 0.3) is 11.3 Å². The van der Waals surface area contributed by atoms with Crippen LogP contribution in [-0.2, 0) is 5.60 Å². The highest BCUT2D eigenvalue weighted by molar-refractivity contribution is 7.10. The van der Waals surface area contributed by atoms with Crippen molar-refractivity contribution in [1.29, 1.82) is 0 Å². The summed E-state index contributed by atoms with van der Waals surface area (Å²) in [5.74, 6) is 0.0411. The molecule has 1 atom stereocenters. The van der Waals surface area contributed by atoms with Gasteiger partial charge < -0.3 is 14.8 Å². The number of nitrogens with one attached hydrogen (secondary N) is 1. The third-order valence-corrected chi connectivity index (χ3v) is 4.86. The monoisotopic (exact) mass is 342 g/mol. The Morgan fingerprint density at radius 1 is 1.33 bits per heavy atom. The molecule has 0 aliphatic heterocycles. The van der Waals surface area contributed by atoms with Gasteiger partial charge in [0.15, 0.2) is 17.8 Å². The van der Waals surface area contributed by atoms with Gasteiger partial charge in [-0.05, 0) is 25.3 Å². The van der Waals surface area contributed by atoms with Gasteiger partial charge in [0.1, 0.15) is 5.60 Å². The Bertz CT molecular complexity index is 820. The SMILES string of the molecule is Cc1ccc(-c2ocnc2C(=O)NC[C@@](C)(O)c2cccs2)cc1. The summed E-state index contributed by atoms with van der Waals surface area (Å²) in [6.45, 7) is 3.75. The second-order valence-corrected chi connectivity index (χ2v) is 6.78. The zero-order valence-electron chi connectivity index (χ0n) is 13.4. The van der Waals surface area contributed by atoms with Crippen molar-refractivity contribution in [1.82, 2.24) is 10.3 Å². The van der Waals surface area contributed by atoms with Gasteiger partial charge in [-0.2, -0.15) is 0 Å². The Hall–Kier alpha value is -2.44. The maximum Gasteiger partial charge on any atom is 0.274 e. The van der Waals surface area contributed by atoms with E-state index in [9.17, 15) is 9.90 Å². The number of oxazole rings is 1. The summed E-state index contributed by atoms with van der Waals surface area (Å²) in [5, 5.41) is 15.1. The fourth-order valence-electron chi connectivity index (χ4n) is 2.33. The van der Waals surface area contributed by atoms with E-state index in [0.717, 1.165) is 16.0 Å². The maximum atomic E-state index is 12.4. The van der Waals surface area contributed by atoms with Crippen LogP contribution in [0.2, 0.25) is 0 Å². The Balaban J connectivity index is 1.75. The molecule has 0 fully saturated rings. The summed E-state index contributed by atoms with van der Waals surface area (Å²) < 4.78 is 5.38. The molecule has 5 nitrogen and oxygen atoms in total. The van der Waals surface area contributed by atoms with E-state index in [1.165, 1.54) is 17.7 Å². The number of aliphatic hydroxyl groups is 1. The minimum Gasteiger partial charge on any atom is -0.443 e. The predicted molar refractivity (Wildman–Crippen MR) is 92.9 cm³/mol. The van der Waals surface area contributed by atoms with Crippen molar-refractivity contribution in [2.24, 2.45) is 0 Å². The highest BCUT2D eigenvalue weighted by atomic mass is 32.1. The van der Waals surface area contributed by atoms with Crippen LogP contribution >= 0.6 is 11.3 Å². The summed E-state index contributed by atoms with van der Waals surface area (Å²) in [6.07, 6.45) is 1.25. The lowest BCUT2D eigenvalue weighted by molar-refractivity contribution is 0.0555. The predicted octanol–water partition coefficient (Wildman–Crippen LogP) is 3.35. The molecular formula is C18H18N2O3S. The molecule has 3 rings (SSSR count). The summed E-state index contributed by atoms with van der Waals surface area (Å²) in [5.41, 5.74) is 0.989. The smallest absolute Gasteiger partial charge is 0.274 e. The molecule has 0 aliphatic carbocycles. The van der Waals surface area contributed by atoms with Crippen LogP contribution in [0, 0.1) is 6.92 Å². The Morgan fingerprint density at radius 3 is 2.75 bits per heavy atom. The highest BCUT2D eigenvalue weighted by Gasteiger charge is 2.26. The number of benzene rings is 1. The lowest BCUT2D eigenvalue weighted by Crippen LogP contribution is -2.38. The molecule has 2 heterocycles. The van der Waals surface area contributed by atoms with Crippen molar-refractivity contribution in [3.63, 3.8) is 0 Å². The molecule has 0 spiro atoms. The first-order valence-electron chi connectivity index (χ1n) is 7.52. The normalized spacial score (nSPS) is 13.5. The van der Waals surface area contributed by atoms with E-state index in [4.69, 9.17) is 4.42 Å². The van der Waals surface area contributed by atoms with Crippen molar-refractivity contribution in [3.05, 3.63) is 64.3 Å². The van der Waals surface area contributed by atoms with Crippen LogP contribution in [0.3, 0.4) is 0 Å². The quantitative estimate of drug-likeness (QED) is 0.745. The second kappa shape index (κ2) is 6.59. The summed E-state index contributed by atoms with van der Waals surface area (Å²) in [6, 6.07) is 11.4. The number of aromatic nitrogens is 1. The third kappa shape index (κ3) is 3.39. The van der Waals surface area contributed by atoms with Crippen molar-refractivity contribution >= 4 is 17.2 Å². The van der Waals surface area contributed by atoms with E-state index in [1.807, 2.05) is 48.7 Å². The molecule has 24 heavy (non-hydrogen) atoms. The highest BCUT2D eigenvalue weighted by Crippen LogP contribution is 2.26. The van der Waals surface area contributed by atoms with Crippen molar-refractivity contribution in [2.45, 2.75) is 19.4 Å². The molecule has 0 radical (unpaired) electrons. The summed E-state index contributed by atoms with van der Waals surface area (Å²) in [7, 11) is 0. The van der Waals surface area contributed by atoms with Crippen LogP contribution in [0.1, 0.15) is 27.9 Å². The molecule has 124 valence electrons. The number of nitrogens with zero attached hydrogens (tertiary/aromatic N) is 1. The van der Waals surface area contributed by atoms with E-state index in [-0.39, 0.29) is 18.1 Å². The van der Waals surface area contributed by atoms with Gasteiger partial charge in [-0.15, -0.1) is 11.3 Å². The van der Waals surface area contributed by atoms with Crippen molar-refractivity contribution in [2.75, 3.05) is 6.54 Å². The number of hydrogen-bond donors (Lipinski definition) is 2. The lowest BCUT2D eigenvalue weighted by atomic mass is 10.0. The maximum absolute atomic E-state index is 12.4. The molecule has 6 heteroatoms. The van der Waals surface area contributed by atoms with Gasteiger partial charge in [0, 0.05) is 10.4 Å². The van der Waals surface area contributed by atoms with E-state index in [2.05, 4.69) is 10.3 Å². The van der Waals surface area contributed by atoms with Gasteiger partial charge >= 0.3 is 0 Å². The van der Waals surface area contributed by atoms with Gasteiger partial charge in [-0.3, -0.25) is 4.79 Å². The van der Waals surface area contributed by atoms with Gasteiger partial charge in [0.2, 0.25) is 0 Å². The van der Waals surface area contributed by atoms with Crippen LogP contribution < -0.4 is 5.32 Å². The molecule has 2 aromatic heterocycles. The number of thiophene rings is 1. The molecule has 1 amide bonds. The van der Waals surface area contributed by atoms with Crippen LogP contribution in [0.4, 0.5) is 0 Å². The first kappa shape index (κ1) is 16.4. The third-order valence-electron chi connectivity index (χ3n) is 3.74. The number of carbonyl (C=O) groups is 1. The van der Waals surface area contributed by atoms with E-state index < -0.39 is 5.60 Å². The minimum atomic E-state index is -1.13. The molecule has 0 saturated carbocycles. The van der Waals surface area contributed by atoms with Gasteiger partial charge in [0.25, 0.3) is 5.91 Å². The zero-order valence-corrected chi connectivity index (χ0v) is 14.3. The van der Waals surface area contributed by atoms with Crippen LogP contribution in [0.15, 0.2) is 52.6 Å². The van der Waals surface area contributed by atoms with E-state index in [0.29, 0.717) is 5.76 Å². The molecule has 0 bridgehead atoms. The Morgan fingerprint density at radius 2 is 2.08 bits per heavy atom. The van der Waals surface area contributed by atoms with Gasteiger partial charge in [-0.25, -0.2) is 4.98 Å². The second-order valence-electron chi connectivity index (χ2n) is 5.83. The average molecular weight is 342 g/mol. The summed E-state index contributed by atoms with van der Waals surface area (Å²) in [4.78, 5) is 17.3. The molecular weight excluding hydrogens is 324 g/mol. The van der Waals surface area contributed by atoms with Gasteiger partial charge in [-0.1, -0.05) is 35.9 Å². The Kier molecular flexibility index (Phi) is 4.51. The molecule has 3 aromatic rings. The standard InChI is InChI=1S/C18H18N2O3S/c1-12-5-7-13(8-6-12)16-15(20-11-23-16)17(21)19-10-18(2,22)14-4-3-9-24-14/h3-9,11,22H,10H2,1-2H3,(H,19,21)/t18-/m1/s1. The average Bonchev–Trinajstić information content (AvgIpc) is 3.25. The number of amides is 1. The first-order chi connectivity index (χ1) is 11.5. The number of rotatable bonds is 5. The zero-order chi connectivity index (χ0) is 17.2. The fraction of sp³-hybridized carbons (Fsp3) is 0.222. The fourth-order valence-corrected chi connectivity index (χ4v) is 3.11.